The molecule has 0 unspecified atom stereocenters. The number of furan rings is 1. The molecule has 0 radical (unpaired) electrons. The number of allylic oxidation sites excluding steroid dienone is 1. The Hall–Kier alpha value is -2.50. The number of hydrogen-bond acceptors (Lipinski definition) is 3. The fraction of sp³-hybridized carbons (Fsp3) is 0.385. The summed E-state index contributed by atoms with van der Waals surface area (Å²) in [5.74, 6) is -0.0912. The molecule has 2 aliphatic rings. The molecular weight excluding hydrogens is 457 g/mol. The first-order valence-corrected chi connectivity index (χ1v) is 12.5. The van der Waals surface area contributed by atoms with Crippen LogP contribution in [0.1, 0.15) is 78.7 Å². The van der Waals surface area contributed by atoms with Gasteiger partial charge in [-0.2, -0.15) is 5.10 Å². The summed E-state index contributed by atoms with van der Waals surface area (Å²) < 4.78 is 7.08. The van der Waals surface area contributed by atoms with Crippen LogP contribution < -0.4 is 5.32 Å². The third kappa shape index (κ3) is 4.75. The van der Waals surface area contributed by atoms with Gasteiger partial charge < -0.3 is 9.73 Å². The van der Waals surface area contributed by atoms with Crippen molar-refractivity contribution in [2.45, 2.75) is 63.8 Å². The molecule has 0 saturated heterocycles. The predicted molar refractivity (Wildman–Crippen MR) is 132 cm³/mol. The van der Waals surface area contributed by atoms with E-state index in [2.05, 4.69) is 11.4 Å². The maximum atomic E-state index is 13.4. The van der Waals surface area contributed by atoms with E-state index in [0.717, 1.165) is 67.3 Å². The Balaban J connectivity index is 1.59. The monoisotopic (exact) mass is 483 g/mol. The van der Waals surface area contributed by atoms with Gasteiger partial charge in [0.15, 0.2) is 5.69 Å². The van der Waals surface area contributed by atoms with E-state index in [9.17, 15) is 4.79 Å². The third-order valence-corrected chi connectivity index (χ3v) is 7.13. The van der Waals surface area contributed by atoms with E-state index in [1.807, 2.05) is 16.8 Å². The van der Waals surface area contributed by atoms with Crippen LogP contribution in [0.3, 0.4) is 0 Å². The van der Waals surface area contributed by atoms with Crippen LogP contribution in [0, 0.1) is 0 Å². The molecule has 172 valence electrons. The molecule has 1 aromatic carbocycles. The molecule has 5 rings (SSSR count). The van der Waals surface area contributed by atoms with Crippen molar-refractivity contribution in [3.63, 3.8) is 0 Å². The second kappa shape index (κ2) is 9.78. The van der Waals surface area contributed by atoms with Crippen LogP contribution in [0.4, 0.5) is 0 Å². The fourth-order valence-corrected chi connectivity index (χ4v) is 5.47. The van der Waals surface area contributed by atoms with Crippen molar-refractivity contribution in [3.05, 3.63) is 69.4 Å². The predicted octanol–water partition coefficient (Wildman–Crippen LogP) is 7.10. The lowest BCUT2D eigenvalue weighted by atomic mass is 9.90. The van der Waals surface area contributed by atoms with Crippen molar-refractivity contribution < 1.29 is 9.21 Å². The molecular formula is C26H27Cl2N3O2. The van der Waals surface area contributed by atoms with Crippen molar-refractivity contribution in [2.24, 2.45) is 0 Å². The van der Waals surface area contributed by atoms with Gasteiger partial charge in [0.25, 0.3) is 5.91 Å². The number of benzene rings is 1. The first-order chi connectivity index (χ1) is 16.1. The van der Waals surface area contributed by atoms with Crippen molar-refractivity contribution in [1.82, 2.24) is 15.1 Å². The summed E-state index contributed by atoms with van der Waals surface area (Å²) in [7, 11) is 0. The molecule has 1 fully saturated rings. The Kier molecular flexibility index (Phi) is 6.61. The maximum Gasteiger partial charge on any atom is 0.272 e. The second-order valence-electron chi connectivity index (χ2n) is 8.93. The van der Waals surface area contributed by atoms with E-state index in [1.165, 1.54) is 12.8 Å². The number of nitrogens with one attached hydrogen (secondary N) is 1. The number of rotatable bonds is 4. The zero-order valence-electron chi connectivity index (χ0n) is 18.4. The number of amides is 1. The summed E-state index contributed by atoms with van der Waals surface area (Å²) >= 11 is 12.7. The Bertz CT molecular complexity index is 1170. The van der Waals surface area contributed by atoms with Gasteiger partial charge in [0.05, 0.1) is 28.9 Å². The molecule has 2 aliphatic carbocycles. The van der Waals surface area contributed by atoms with Crippen molar-refractivity contribution in [1.29, 1.82) is 0 Å². The molecule has 1 amide bonds. The van der Waals surface area contributed by atoms with Crippen molar-refractivity contribution >= 4 is 40.8 Å². The minimum atomic E-state index is -0.0912. The third-order valence-electron chi connectivity index (χ3n) is 6.59. The smallest absolute Gasteiger partial charge is 0.272 e. The van der Waals surface area contributed by atoms with Crippen LogP contribution in [0.5, 0.6) is 0 Å². The number of nitrogens with zero attached hydrogens (tertiary/aromatic N) is 2. The van der Waals surface area contributed by atoms with Crippen LogP contribution in [0.15, 0.2) is 41.2 Å². The number of halogens is 2. The van der Waals surface area contributed by atoms with E-state index in [0.29, 0.717) is 21.4 Å². The number of aromatic nitrogens is 2. The normalized spacial score (nSPS) is 18.2. The molecule has 3 aromatic rings. The standard InChI is InChI=1S/C26H27Cl2N3O2/c27-19-10-11-23(22(28)15-19)31-25-18(14-17-12-13-33-16-17)6-5-9-21(25)24(30-31)26(32)29-20-7-3-1-2-4-8-20/h10-16,20H,1-9H2,(H,29,32). The molecule has 1 saturated carbocycles. The largest absolute Gasteiger partial charge is 0.472 e. The molecule has 0 aliphatic heterocycles. The molecule has 0 spiro atoms. The zero-order chi connectivity index (χ0) is 22.8. The van der Waals surface area contributed by atoms with Crippen LogP contribution >= 0.6 is 23.2 Å². The minimum absolute atomic E-state index is 0.0912. The summed E-state index contributed by atoms with van der Waals surface area (Å²) in [6.45, 7) is 0. The Morgan fingerprint density at radius 2 is 1.91 bits per heavy atom. The van der Waals surface area contributed by atoms with Gasteiger partial charge >= 0.3 is 0 Å². The Morgan fingerprint density at radius 3 is 2.64 bits per heavy atom. The van der Waals surface area contributed by atoms with Gasteiger partial charge in [0.2, 0.25) is 0 Å². The maximum absolute atomic E-state index is 13.4. The van der Waals surface area contributed by atoms with Crippen molar-refractivity contribution in [2.75, 3.05) is 0 Å². The van der Waals surface area contributed by atoms with E-state index in [-0.39, 0.29) is 11.9 Å². The van der Waals surface area contributed by atoms with Crippen molar-refractivity contribution in [3.8, 4) is 5.69 Å². The molecule has 33 heavy (non-hydrogen) atoms. The summed E-state index contributed by atoms with van der Waals surface area (Å²) in [4.78, 5) is 13.4. The lowest BCUT2D eigenvalue weighted by Crippen LogP contribution is -2.35. The highest BCUT2D eigenvalue weighted by Gasteiger charge is 2.30. The van der Waals surface area contributed by atoms with E-state index in [4.69, 9.17) is 32.7 Å². The van der Waals surface area contributed by atoms with Gasteiger partial charge in [0, 0.05) is 22.2 Å². The minimum Gasteiger partial charge on any atom is -0.472 e. The number of fused-ring (bicyclic) bond motifs is 1. The van der Waals surface area contributed by atoms with E-state index < -0.39 is 0 Å². The molecule has 2 aromatic heterocycles. The fourth-order valence-electron chi connectivity index (χ4n) is 4.98. The Labute approximate surface area is 203 Å². The molecule has 7 heteroatoms. The molecule has 2 heterocycles. The number of carbonyl (C=O) groups excluding carboxylic acids is 1. The number of hydrogen-bond donors (Lipinski definition) is 1. The van der Waals surface area contributed by atoms with Gasteiger partial charge in [-0.05, 0) is 68.0 Å². The second-order valence-corrected chi connectivity index (χ2v) is 9.77. The van der Waals surface area contributed by atoms with Gasteiger partial charge in [0.1, 0.15) is 0 Å². The highest BCUT2D eigenvalue weighted by Crippen LogP contribution is 2.37. The van der Waals surface area contributed by atoms with Crippen LogP contribution in [-0.2, 0) is 6.42 Å². The first-order valence-electron chi connectivity index (χ1n) is 11.7. The van der Waals surface area contributed by atoms with Gasteiger partial charge in [-0.1, -0.05) is 48.9 Å². The SMILES string of the molecule is O=C(NC1CCCCCC1)c1nn(-c2ccc(Cl)cc2Cl)c2c1CCCC2=Cc1ccoc1. The van der Waals surface area contributed by atoms with Crippen LogP contribution in [-0.4, -0.2) is 21.7 Å². The molecule has 0 bridgehead atoms. The van der Waals surface area contributed by atoms with Gasteiger partial charge in [-0.3, -0.25) is 4.79 Å². The average molecular weight is 484 g/mol. The highest BCUT2D eigenvalue weighted by molar-refractivity contribution is 6.35. The molecule has 0 atom stereocenters. The summed E-state index contributed by atoms with van der Waals surface area (Å²) in [6, 6.07) is 7.50. The van der Waals surface area contributed by atoms with Crippen LogP contribution in [0.25, 0.3) is 17.3 Å². The van der Waals surface area contributed by atoms with Gasteiger partial charge in [-0.15, -0.1) is 0 Å². The molecule has 5 nitrogen and oxygen atoms in total. The number of carbonyl (C=O) groups is 1. The first kappa shape index (κ1) is 22.3. The lowest BCUT2D eigenvalue weighted by Gasteiger charge is -2.19. The molecule has 1 N–H and O–H groups in total. The average Bonchev–Trinajstić information content (AvgIpc) is 3.37. The summed E-state index contributed by atoms with van der Waals surface area (Å²) in [6.07, 6.45) is 15.0. The lowest BCUT2D eigenvalue weighted by molar-refractivity contribution is 0.0927. The quantitative estimate of drug-likeness (QED) is 0.402. The van der Waals surface area contributed by atoms with E-state index in [1.54, 1.807) is 24.7 Å². The van der Waals surface area contributed by atoms with Crippen LogP contribution in [0.2, 0.25) is 10.0 Å². The Morgan fingerprint density at radius 1 is 1.09 bits per heavy atom. The topological polar surface area (TPSA) is 60.1 Å². The summed E-state index contributed by atoms with van der Waals surface area (Å²) in [5, 5.41) is 9.16. The zero-order valence-corrected chi connectivity index (χ0v) is 20.0. The van der Waals surface area contributed by atoms with Gasteiger partial charge in [-0.25, -0.2) is 4.68 Å². The highest BCUT2D eigenvalue weighted by atomic mass is 35.5. The van der Waals surface area contributed by atoms with E-state index >= 15 is 0 Å². The summed E-state index contributed by atoms with van der Waals surface area (Å²) in [5.41, 5.74) is 5.23.